The number of nitrogens with zero attached hydrogens (tertiary/aromatic N) is 3. The number of aromatic nitrogens is 2. The van der Waals surface area contributed by atoms with Gasteiger partial charge in [0.15, 0.2) is 11.2 Å². The summed E-state index contributed by atoms with van der Waals surface area (Å²) in [6.45, 7) is 0. The van der Waals surface area contributed by atoms with Gasteiger partial charge in [-0.15, -0.1) is 0 Å². The molecule has 1 aromatic carbocycles. The molecule has 0 fully saturated rings. The molecule has 0 aliphatic heterocycles. The van der Waals surface area contributed by atoms with E-state index in [1.54, 1.807) is 12.1 Å². The summed E-state index contributed by atoms with van der Waals surface area (Å²) in [4.78, 5) is 13.6. The third-order valence-corrected chi connectivity index (χ3v) is 3.15. The maximum absolute atomic E-state index is 10.9. The molecule has 104 valence electrons. The number of benzene rings is 1. The number of nitro groups is 1. The van der Waals surface area contributed by atoms with Gasteiger partial charge in [0.05, 0.1) is 16.7 Å². The minimum Gasteiger partial charge on any atom is -0.411 e. The van der Waals surface area contributed by atoms with Crippen LogP contribution in [0.1, 0.15) is 5.69 Å². The number of fused-ring (bicyclic) bond motifs is 1. The van der Waals surface area contributed by atoms with Crippen molar-refractivity contribution in [3.63, 3.8) is 0 Å². The number of imidazole rings is 1. The molecule has 0 unspecified atom stereocenters. The molecule has 3 aromatic rings. The topological polar surface area (TPSA) is 95.6 Å². The van der Waals surface area contributed by atoms with Crippen molar-refractivity contribution >= 4 is 17.4 Å². The quantitative estimate of drug-likeness (QED) is 0.253. The number of non-ortho nitro benzene ring substituents is 1. The summed E-state index contributed by atoms with van der Waals surface area (Å²) in [7, 11) is 0. The van der Waals surface area contributed by atoms with Crippen molar-refractivity contribution < 1.29 is 14.5 Å². The van der Waals surface area contributed by atoms with Crippen LogP contribution >= 0.6 is 0 Å². The van der Waals surface area contributed by atoms with E-state index < -0.39 is 4.92 Å². The third kappa shape index (κ3) is 2.20. The maximum Gasteiger partial charge on any atom is 0.292 e. The number of aromatic amines is 1. The number of hydrogen-bond donors (Lipinski definition) is 2. The number of H-pyrrole nitrogens is 1. The second-order valence-corrected chi connectivity index (χ2v) is 4.40. The van der Waals surface area contributed by atoms with Crippen molar-refractivity contribution in [1.82, 2.24) is 4.98 Å². The smallest absolute Gasteiger partial charge is 0.292 e. The minimum atomic E-state index is -0.435. The van der Waals surface area contributed by atoms with Crippen LogP contribution in [0.5, 0.6) is 0 Å². The van der Waals surface area contributed by atoms with E-state index in [4.69, 9.17) is 5.21 Å². The van der Waals surface area contributed by atoms with E-state index in [0.717, 1.165) is 5.52 Å². The number of oxime groups is 1. The van der Waals surface area contributed by atoms with E-state index in [1.807, 2.05) is 28.8 Å². The first-order valence-corrected chi connectivity index (χ1v) is 6.15. The van der Waals surface area contributed by atoms with Crippen molar-refractivity contribution in [3.05, 3.63) is 64.5 Å². The number of hydrogen-bond acceptors (Lipinski definition) is 4. The molecule has 0 amide bonds. The molecule has 7 nitrogen and oxygen atoms in total. The highest BCUT2D eigenvalue weighted by molar-refractivity contribution is 5.86. The van der Waals surface area contributed by atoms with Crippen LogP contribution in [0.2, 0.25) is 0 Å². The summed E-state index contributed by atoms with van der Waals surface area (Å²) in [5.74, 6) is 0.671. The summed E-state index contributed by atoms with van der Waals surface area (Å²) in [6, 6.07) is 11.9. The Morgan fingerprint density at radius 3 is 2.90 bits per heavy atom. The lowest BCUT2D eigenvalue weighted by molar-refractivity contribution is -0.498. The average Bonchev–Trinajstić information content (AvgIpc) is 2.87. The van der Waals surface area contributed by atoms with E-state index in [0.29, 0.717) is 17.1 Å². The molecule has 7 heteroatoms. The lowest BCUT2D eigenvalue weighted by Gasteiger charge is -1.95. The van der Waals surface area contributed by atoms with Gasteiger partial charge in [-0.25, -0.2) is 4.98 Å². The first-order chi connectivity index (χ1) is 10.2. The van der Waals surface area contributed by atoms with Crippen LogP contribution in [0.15, 0.2) is 53.8 Å². The summed E-state index contributed by atoms with van der Waals surface area (Å²) in [5.41, 5.74) is 2.10. The van der Waals surface area contributed by atoms with E-state index in [2.05, 4.69) is 10.1 Å². The van der Waals surface area contributed by atoms with Gasteiger partial charge in [0, 0.05) is 12.1 Å². The van der Waals surface area contributed by atoms with Crippen LogP contribution in [-0.2, 0) is 0 Å². The maximum atomic E-state index is 10.9. The summed E-state index contributed by atoms with van der Waals surface area (Å²) < 4.78 is 1.84. The van der Waals surface area contributed by atoms with Crippen molar-refractivity contribution in [1.29, 1.82) is 0 Å². The third-order valence-electron chi connectivity index (χ3n) is 3.15. The Morgan fingerprint density at radius 2 is 2.14 bits per heavy atom. The summed E-state index contributed by atoms with van der Waals surface area (Å²) >= 11 is 0. The fourth-order valence-corrected chi connectivity index (χ4v) is 2.24. The molecule has 2 aromatic heterocycles. The Bertz CT molecular complexity index is 854. The molecule has 0 aliphatic carbocycles. The predicted octanol–water partition coefficient (Wildman–Crippen LogP) is 2.14. The zero-order chi connectivity index (χ0) is 14.8. The molecule has 2 heterocycles. The fraction of sp³-hybridized carbons (Fsp3) is 0. The monoisotopic (exact) mass is 283 g/mol. The number of nitrogens with one attached hydrogen (secondary N) is 1. The molecule has 0 saturated heterocycles. The highest BCUT2D eigenvalue weighted by Crippen LogP contribution is 2.21. The van der Waals surface area contributed by atoms with Crippen LogP contribution in [-0.4, -0.2) is 21.3 Å². The molecule has 0 radical (unpaired) electrons. The zero-order valence-corrected chi connectivity index (χ0v) is 10.8. The highest BCUT2D eigenvalue weighted by Gasteiger charge is 2.20. The van der Waals surface area contributed by atoms with Gasteiger partial charge in [0.25, 0.3) is 11.5 Å². The molecule has 3 rings (SSSR count). The van der Waals surface area contributed by atoms with Crippen LogP contribution in [0.3, 0.4) is 0 Å². The predicted molar refractivity (Wildman–Crippen MR) is 75.4 cm³/mol. The Hall–Kier alpha value is -3.22. The normalized spacial score (nSPS) is 11.2. The first-order valence-electron chi connectivity index (χ1n) is 6.15. The van der Waals surface area contributed by atoms with Gasteiger partial charge < -0.3 is 5.21 Å². The molecule has 0 saturated carbocycles. The largest absolute Gasteiger partial charge is 0.411 e. The van der Waals surface area contributed by atoms with Crippen molar-refractivity contribution in [3.8, 4) is 11.4 Å². The molecule has 21 heavy (non-hydrogen) atoms. The molecule has 0 spiro atoms. The average molecular weight is 283 g/mol. The van der Waals surface area contributed by atoms with Crippen molar-refractivity contribution in [2.45, 2.75) is 0 Å². The Kier molecular flexibility index (Phi) is 3.07. The molecule has 0 aliphatic rings. The standard InChI is InChI=1S/C14H10N4O3/c19-15-9-12-13-6-1-2-7-17(13)14(16-12)10-4-3-5-11(8-10)18(20)21/h1-9,19H/p+1. The van der Waals surface area contributed by atoms with Gasteiger partial charge in [-0.05, 0) is 18.2 Å². The Labute approximate surface area is 118 Å². The number of rotatable bonds is 3. The van der Waals surface area contributed by atoms with E-state index in [1.165, 1.54) is 18.3 Å². The Balaban J connectivity index is 2.25. The van der Waals surface area contributed by atoms with Gasteiger partial charge in [0.1, 0.15) is 6.21 Å². The fourth-order valence-electron chi connectivity index (χ4n) is 2.24. The Morgan fingerprint density at radius 1 is 1.29 bits per heavy atom. The van der Waals surface area contributed by atoms with Gasteiger partial charge in [-0.2, -0.15) is 4.40 Å². The van der Waals surface area contributed by atoms with E-state index in [-0.39, 0.29) is 5.69 Å². The van der Waals surface area contributed by atoms with Crippen molar-refractivity contribution in [2.75, 3.05) is 0 Å². The van der Waals surface area contributed by atoms with Crippen LogP contribution in [0, 0.1) is 10.1 Å². The van der Waals surface area contributed by atoms with E-state index >= 15 is 0 Å². The number of pyridine rings is 1. The second kappa shape index (κ2) is 5.04. The molecular weight excluding hydrogens is 272 g/mol. The molecular formula is C14H11N4O3+. The van der Waals surface area contributed by atoms with Crippen LogP contribution in [0.25, 0.3) is 16.9 Å². The number of nitro benzene ring substituents is 1. The van der Waals surface area contributed by atoms with Gasteiger partial charge >= 0.3 is 0 Å². The van der Waals surface area contributed by atoms with Crippen LogP contribution in [0.4, 0.5) is 5.69 Å². The lowest BCUT2D eigenvalue weighted by Crippen LogP contribution is -2.21. The van der Waals surface area contributed by atoms with Gasteiger partial charge in [-0.3, -0.25) is 10.1 Å². The van der Waals surface area contributed by atoms with Crippen LogP contribution < -0.4 is 4.40 Å². The lowest BCUT2D eigenvalue weighted by atomic mass is 10.2. The van der Waals surface area contributed by atoms with E-state index in [9.17, 15) is 10.1 Å². The minimum absolute atomic E-state index is 0.0177. The first kappa shape index (κ1) is 12.8. The molecule has 0 bridgehead atoms. The van der Waals surface area contributed by atoms with Gasteiger partial charge in [0.2, 0.25) is 0 Å². The molecule has 0 atom stereocenters. The van der Waals surface area contributed by atoms with Gasteiger partial charge in [-0.1, -0.05) is 17.3 Å². The molecule has 2 N–H and O–H groups in total. The highest BCUT2D eigenvalue weighted by atomic mass is 16.6. The second-order valence-electron chi connectivity index (χ2n) is 4.40. The SMILES string of the molecule is O=[N+]([O-])c1cccc(-c2[nH]c(C=NO)c3cccc[n+]23)c1. The summed E-state index contributed by atoms with van der Waals surface area (Å²) in [6.07, 6.45) is 3.12. The van der Waals surface area contributed by atoms with Crippen molar-refractivity contribution in [2.24, 2.45) is 5.16 Å². The summed E-state index contributed by atoms with van der Waals surface area (Å²) in [5, 5.41) is 22.6. The zero-order valence-electron chi connectivity index (χ0n) is 10.8.